The Morgan fingerprint density at radius 3 is 2.33 bits per heavy atom. The SMILES string of the molecule is CC(C)(N)CCC1CC1. The first kappa shape index (κ1) is 7.07. The van der Waals surface area contributed by atoms with Gasteiger partial charge >= 0.3 is 0 Å². The Labute approximate surface area is 57.6 Å². The standard InChI is InChI=1S/C8H17N/c1-8(2,9)6-5-7-3-4-7/h7H,3-6,9H2,1-2H3. The zero-order valence-electron chi connectivity index (χ0n) is 6.48. The van der Waals surface area contributed by atoms with Crippen LogP contribution in [-0.4, -0.2) is 5.54 Å². The fraction of sp³-hybridized carbons (Fsp3) is 1.00. The van der Waals surface area contributed by atoms with Crippen LogP contribution in [0, 0.1) is 5.92 Å². The van der Waals surface area contributed by atoms with Crippen LogP contribution < -0.4 is 5.73 Å². The molecule has 1 nitrogen and oxygen atoms in total. The highest BCUT2D eigenvalue weighted by molar-refractivity contribution is 4.79. The molecule has 0 aromatic carbocycles. The number of nitrogens with two attached hydrogens (primary N) is 1. The zero-order chi connectivity index (χ0) is 6.91. The lowest BCUT2D eigenvalue weighted by Crippen LogP contribution is -2.31. The maximum Gasteiger partial charge on any atom is 0.00971 e. The molecule has 1 aliphatic carbocycles. The predicted molar refractivity (Wildman–Crippen MR) is 40.2 cm³/mol. The third-order valence-electron chi connectivity index (χ3n) is 1.89. The summed E-state index contributed by atoms with van der Waals surface area (Å²) in [5, 5.41) is 0. The number of hydrogen-bond donors (Lipinski definition) is 1. The van der Waals surface area contributed by atoms with E-state index in [1.807, 2.05) is 0 Å². The maximum atomic E-state index is 5.81. The molecule has 2 N–H and O–H groups in total. The van der Waals surface area contributed by atoms with E-state index in [4.69, 9.17) is 5.73 Å². The average Bonchev–Trinajstić information content (AvgIpc) is 2.38. The van der Waals surface area contributed by atoms with Crippen molar-refractivity contribution in [1.82, 2.24) is 0 Å². The highest BCUT2D eigenvalue weighted by Gasteiger charge is 2.23. The van der Waals surface area contributed by atoms with Crippen LogP contribution in [0.3, 0.4) is 0 Å². The molecule has 54 valence electrons. The molecule has 1 heteroatoms. The Morgan fingerprint density at radius 1 is 1.44 bits per heavy atom. The molecule has 9 heavy (non-hydrogen) atoms. The minimum atomic E-state index is 0.0720. The van der Waals surface area contributed by atoms with Crippen LogP contribution in [0.5, 0.6) is 0 Å². The van der Waals surface area contributed by atoms with Crippen molar-refractivity contribution >= 4 is 0 Å². The molecule has 0 aliphatic heterocycles. The molecule has 0 aromatic heterocycles. The quantitative estimate of drug-likeness (QED) is 0.615. The Morgan fingerprint density at radius 2 is 2.00 bits per heavy atom. The lowest BCUT2D eigenvalue weighted by Gasteiger charge is -2.17. The van der Waals surface area contributed by atoms with Gasteiger partial charge in [-0.3, -0.25) is 0 Å². The largest absolute Gasteiger partial charge is 0.326 e. The van der Waals surface area contributed by atoms with Gasteiger partial charge in [0.05, 0.1) is 0 Å². The molecule has 1 rings (SSSR count). The normalized spacial score (nSPS) is 20.3. The molecule has 1 aliphatic rings. The number of rotatable bonds is 3. The summed E-state index contributed by atoms with van der Waals surface area (Å²) in [5.41, 5.74) is 5.88. The van der Waals surface area contributed by atoms with Crippen molar-refractivity contribution in [2.45, 2.75) is 45.1 Å². The Balaban J connectivity index is 2.03. The summed E-state index contributed by atoms with van der Waals surface area (Å²) < 4.78 is 0. The topological polar surface area (TPSA) is 26.0 Å². The minimum Gasteiger partial charge on any atom is -0.326 e. The molecule has 0 bridgehead atoms. The molecule has 0 unspecified atom stereocenters. The highest BCUT2D eigenvalue weighted by Crippen LogP contribution is 2.34. The second-order valence-electron chi connectivity index (χ2n) is 3.97. The van der Waals surface area contributed by atoms with Gasteiger partial charge in [-0.2, -0.15) is 0 Å². The fourth-order valence-corrected chi connectivity index (χ4v) is 0.983. The van der Waals surface area contributed by atoms with Crippen LogP contribution in [-0.2, 0) is 0 Å². The van der Waals surface area contributed by atoms with E-state index in [0.717, 1.165) is 5.92 Å². The van der Waals surface area contributed by atoms with E-state index >= 15 is 0 Å². The van der Waals surface area contributed by atoms with Gasteiger partial charge < -0.3 is 5.73 Å². The van der Waals surface area contributed by atoms with Crippen molar-refractivity contribution in [2.24, 2.45) is 11.7 Å². The molecule has 1 fully saturated rings. The molecular weight excluding hydrogens is 110 g/mol. The molecule has 0 spiro atoms. The van der Waals surface area contributed by atoms with Crippen molar-refractivity contribution < 1.29 is 0 Å². The highest BCUT2D eigenvalue weighted by atomic mass is 14.7. The van der Waals surface area contributed by atoms with Crippen molar-refractivity contribution in [1.29, 1.82) is 0 Å². The monoisotopic (exact) mass is 127 g/mol. The first-order valence-corrected chi connectivity index (χ1v) is 3.87. The van der Waals surface area contributed by atoms with Crippen LogP contribution >= 0.6 is 0 Å². The van der Waals surface area contributed by atoms with Crippen LogP contribution in [0.15, 0.2) is 0 Å². The summed E-state index contributed by atoms with van der Waals surface area (Å²) in [6.45, 7) is 4.21. The van der Waals surface area contributed by atoms with Crippen molar-refractivity contribution in [2.75, 3.05) is 0 Å². The van der Waals surface area contributed by atoms with E-state index in [1.54, 1.807) is 0 Å². The van der Waals surface area contributed by atoms with Gasteiger partial charge in [-0.05, 0) is 32.6 Å². The molecule has 1 saturated carbocycles. The van der Waals surface area contributed by atoms with Gasteiger partial charge in [-0.25, -0.2) is 0 Å². The van der Waals surface area contributed by atoms with Gasteiger partial charge in [0.15, 0.2) is 0 Å². The molecule has 0 radical (unpaired) electrons. The molecule has 0 amide bonds. The van der Waals surface area contributed by atoms with Crippen LogP contribution in [0.25, 0.3) is 0 Å². The van der Waals surface area contributed by atoms with Gasteiger partial charge in [0, 0.05) is 5.54 Å². The van der Waals surface area contributed by atoms with Crippen molar-refractivity contribution in [3.8, 4) is 0 Å². The first-order valence-electron chi connectivity index (χ1n) is 3.87. The van der Waals surface area contributed by atoms with Gasteiger partial charge in [-0.15, -0.1) is 0 Å². The number of hydrogen-bond acceptors (Lipinski definition) is 1. The summed E-state index contributed by atoms with van der Waals surface area (Å²) >= 11 is 0. The van der Waals surface area contributed by atoms with Crippen LogP contribution in [0.2, 0.25) is 0 Å². The molecule has 0 heterocycles. The van der Waals surface area contributed by atoms with Crippen molar-refractivity contribution in [3.63, 3.8) is 0 Å². The van der Waals surface area contributed by atoms with E-state index in [1.165, 1.54) is 25.7 Å². The minimum absolute atomic E-state index is 0.0720. The summed E-state index contributed by atoms with van der Waals surface area (Å²) in [5.74, 6) is 1.04. The molecule has 0 aromatic rings. The van der Waals surface area contributed by atoms with E-state index in [0.29, 0.717) is 0 Å². The summed E-state index contributed by atoms with van der Waals surface area (Å²) in [4.78, 5) is 0. The second-order valence-corrected chi connectivity index (χ2v) is 3.97. The van der Waals surface area contributed by atoms with Crippen molar-refractivity contribution in [3.05, 3.63) is 0 Å². The van der Waals surface area contributed by atoms with Gasteiger partial charge in [0.2, 0.25) is 0 Å². The smallest absolute Gasteiger partial charge is 0.00971 e. The Kier molecular flexibility index (Phi) is 1.80. The van der Waals surface area contributed by atoms with Crippen LogP contribution in [0.4, 0.5) is 0 Å². The van der Waals surface area contributed by atoms with Crippen LogP contribution in [0.1, 0.15) is 39.5 Å². The Bertz CT molecular complexity index is 87.2. The Hall–Kier alpha value is -0.0400. The molecule has 0 atom stereocenters. The third-order valence-corrected chi connectivity index (χ3v) is 1.89. The lowest BCUT2D eigenvalue weighted by molar-refractivity contribution is 0.443. The second kappa shape index (κ2) is 2.30. The van der Waals surface area contributed by atoms with Gasteiger partial charge in [-0.1, -0.05) is 12.8 Å². The summed E-state index contributed by atoms with van der Waals surface area (Å²) in [6.07, 6.45) is 5.45. The van der Waals surface area contributed by atoms with E-state index in [-0.39, 0.29) is 5.54 Å². The first-order chi connectivity index (χ1) is 4.08. The average molecular weight is 127 g/mol. The maximum absolute atomic E-state index is 5.81. The molecule has 0 saturated heterocycles. The van der Waals surface area contributed by atoms with Gasteiger partial charge in [0.25, 0.3) is 0 Å². The van der Waals surface area contributed by atoms with E-state index < -0.39 is 0 Å². The summed E-state index contributed by atoms with van der Waals surface area (Å²) in [7, 11) is 0. The predicted octanol–water partition coefficient (Wildman–Crippen LogP) is 1.91. The van der Waals surface area contributed by atoms with E-state index in [2.05, 4.69) is 13.8 Å². The fourth-order valence-electron chi connectivity index (χ4n) is 0.983. The molecular formula is C8H17N. The lowest BCUT2D eigenvalue weighted by atomic mass is 9.98. The zero-order valence-corrected chi connectivity index (χ0v) is 6.48. The van der Waals surface area contributed by atoms with Gasteiger partial charge in [0.1, 0.15) is 0 Å². The van der Waals surface area contributed by atoms with E-state index in [9.17, 15) is 0 Å². The third kappa shape index (κ3) is 3.52. The summed E-state index contributed by atoms with van der Waals surface area (Å²) in [6, 6.07) is 0.